The highest BCUT2D eigenvalue weighted by atomic mass is 32.2. The summed E-state index contributed by atoms with van der Waals surface area (Å²) in [6.07, 6.45) is -0.813. The minimum Gasteiger partial charge on any atom is -0.369 e. The molecule has 6 heteroatoms. The van der Waals surface area contributed by atoms with Crippen molar-refractivity contribution in [3.63, 3.8) is 0 Å². The number of pyridine rings is 1. The number of thioether (sulfide) groups is 1. The molecule has 1 N–H and O–H groups in total. The fourth-order valence-corrected chi connectivity index (χ4v) is 3.12. The van der Waals surface area contributed by atoms with Crippen LogP contribution in [0.15, 0.2) is 18.2 Å². The Morgan fingerprint density at radius 1 is 1.33 bits per heavy atom. The maximum Gasteiger partial charge on any atom is 0.433 e. The zero-order chi connectivity index (χ0) is 13.0. The van der Waals surface area contributed by atoms with Crippen molar-refractivity contribution >= 4 is 17.6 Å². The second-order valence-electron chi connectivity index (χ2n) is 4.28. The van der Waals surface area contributed by atoms with Gasteiger partial charge in [0, 0.05) is 11.8 Å². The molecule has 0 aliphatic carbocycles. The minimum atomic E-state index is -4.38. The van der Waals surface area contributed by atoms with E-state index in [4.69, 9.17) is 0 Å². The van der Waals surface area contributed by atoms with Crippen LogP contribution in [-0.4, -0.2) is 22.5 Å². The predicted molar refractivity (Wildman–Crippen MR) is 67.8 cm³/mol. The Hall–Kier alpha value is -0.910. The van der Waals surface area contributed by atoms with Gasteiger partial charge in [-0.05, 0) is 30.7 Å². The van der Waals surface area contributed by atoms with Crippen LogP contribution in [0.25, 0.3) is 0 Å². The normalized spacial score (nSPS) is 20.7. The molecular weight excluding hydrogens is 261 g/mol. The van der Waals surface area contributed by atoms with Gasteiger partial charge in [-0.2, -0.15) is 24.9 Å². The molecule has 2 nitrogen and oxygen atoms in total. The van der Waals surface area contributed by atoms with Crippen LogP contribution in [0.2, 0.25) is 0 Å². The summed E-state index contributed by atoms with van der Waals surface area (Å²) >= 11 is 1.88. The van der Waals surface area contributed by atoms with Crippen molar-refractivity contribution in [1.82, 2.24) is 4.98 Å². The Bertz CT molecular complexity index is 389. The molecular formula is C12H15F3N2S. The Balaban J connectivity index is 1.92. The van der Waals surface area contributed by atoms with Gasteiger partial charge in [-0.3, -0.25) is 0 Å². The lowest BCUT2D eigenvalue weighted by atomic mass is 10.2. The SMILES string of the molecule is FC(F)(F)c1cccc(NCC2CCCCS2)n1. The molecule has 1 fully saturated rings. The van der Waals surface area contributed by atoms with Crippen molar-refractivity contribution in [3.8, 4) is 0 Å². The summed E-state index contributed by atoms with van der Waals surface area (Å²) < 4.78 is 37.4. The van der Waals surface area contributed by atoms with Crippen LogP contribution in [0.4, 0.5) is 19.0 Å². The van der Waals surface area contributed by atoms with Gasteiger partial charge in [-0.1, -0.05) is 12.5 Å². The standard InChI is InChI=1S/C12H15F3N2S/c13-12(14,15)10-5-3-6-11(17-10)16-8-9-4-1-2-7-18-9/h3,5-6,9H,1-2,4,7-8H2,(H,16,17). The molecule has 1 saturated heterocycles. The lowest BCUT2D eigenvalue weighted by Gasteiger charge is -2.21. The molecule has 0 aromatic carbocycles. The minimum absolute atomic E-state index is 0.302. The molecule has 1 atom stereocenters. The lowest BCUT2D eigenvalue weighted by Crippen LogP contribution is -2.21. The number of nitrogens with zero attached hydrogens (tertiary/aromatic N) is 1. The summed E-state index contributed by atoms with van der Waals surface area (Å²) in [6.45, 7) is 0.680. The topological polar surface area (TPSA) is 24.9 Å². The van der Waals surface area contributed by atoms with Crippen molar-refractivity contribution in [2.24, 2.45) is 0 Å². The van der Waals surface area contributed by atoms with Gasteiger partial charge in [0.25, 0.3) is 0 Å². The Morgan fingerprint density at radius 2 is 2.17 bits per heavy atom. The highest BCUT2D eigenvalue weighted by Gasteiger charge is 2.32. The van der Waals surface area contributed by atoms with Crippen LogP contribution in [0, 0.1) is 0 Å². The van der Waals surface area contributed by atoms with Crippen LogP contribution in [-0.2, 0) is 6.18 Å². The molecule has 2 rings (SSSR count). The number of rotatable bonds is 3. The molecule has 18 heavy (non-hydrogen) atoms. The third-order valence-electron chi connectivity index (χ3n) is 2.82. The monoisotopic (exact) mass is 276 g/mol. The molecule has 0 bridgehead atoms. The van der Waals surface area contributed by atoms with Crippen LogP contribution < -0.4 is 5.32 Å². The molecule has 0 radical (unpaired) electrons. The molecule has 0 saturated carbocycles. The van der Waals surface area contributed by atoms with Crippen LogP contribution in [0.5, 0.6) is 0 Å². The van der Waals surface area contributed by atoms with E-state index in [0.717, 1.165) is 18.2 Å². The van der Waals surface area contributed by atoms with Crippen LogP contribution in [0.3, 0.4) is 0 Å². The molecule has 100 valence electrons. The summed E-state index contributed by atoms with van der Waals surface area (Å²) in [5, 5.41) is 3.48. The van der Waals surface area contributed by atoms with Gasteiger partial charge in [0.15, 0.2) is 0 Å². The lowest BCUT2D eigenvalue weighted by molar-refractivity contribution is -0.141. The third kappa shape index (κ3) is 3.80. The highest BCUT2D eigenvalue weighted by molar-refractivity contribution is 7.99. The first kappa shape index (κ1) is 13.5. The van der Waals surface area contributed by atoms with E-state index < -0.39 is 11.9 Å². The fraction of sp³-hybridized carbons (Fsp3) is 0.583. The van der Waals surface area contributed by atoms with E-state index in [1.165, 1.54) is 18.9 Å². The zero-order valence-electron chi connectivity index (χ0n) is 9.83. The van der Waals surface area contributed by atoms with Gasteiger partial charge < -0.3 is 5.32 Å². The van der Waals surface area contributed by atoms with E-state index in [2.05, 4.69) is 10.3 Å². The van der Waals surface area contributed by atoms with E-state index >= 15 is 0 Å². The van der Waals surface area contributed by atoms with E-state index in [1.807, 2.05) is 11.8 Å². The first-order valence-electron chi connectivity index (χ1n) is 5.95. The van der Waals surface area contributed by atoms with Gasteiger partial charge in [0.05, 0.1) is 0 Å². The maximum atomic E-state index is 12.5. The van der Waals surface area contributed by atoms with Gasteiger partial charge in [-0.15, -0.1) is 0 Å². The molecule has 1 unspecified atom stereocenters. The smallest absolute Gasteiger partial charge is 0.369 e. The number of alkyl halides is 3. The van der Waals surface area contributed by atoms with Crippen molar-refractivity contribution < 1.29 is 13.2 Å². The van der Waals surface area contributed by atoms with Crippen LogP contribution in [0.1, 0.15) is 25.0 Å². The predicted octanol–water partition coefficient (Wildman–Crippen LogP) is 3.80. The van der Waals surface area contributed by atoms with Crippen molar-refractivity contribution in [2.45, 2.75) is 30.7 Å². The van der Waals surface area contributed by atoms with E-state index in [-0.39, 0.29) is 0 Å². The number of hydrogen-bond donors (Lipinski definition) is 1. The van der Waals surface area contributed by atoms with E-state index in [9.17, 15) is 13.2 Å². The van der Waals surface area contributed by atoms with Gasteiger partial charge in [-0.25, -0.2) is 4.98 Å². The molecule has 0 amide bonds. The summed E-state index contributed by atoms with van der Waals surface area (Å²) in [6, 6.07) is 3.94. The quantitative estimate of drug-likeness (QED) is 0.909. The summed E-state index contributed by atoms with van der Waals surface area (Å²) in [5.41, 5.74) is -0.844. The number of aromatic nitrogens is 1. The van der Waals surface area contributed by atoms with Crippen LogP contribution >= 0.6 is 11.8 Å². The second kappa shape index (κ2) is 5.82. The average Bonchev–Trinajstić information content (AvgIpc) is 2.37. The molecule has 1 aliphatic rings. The first-order valence-corrected chi connectivity index (χ1v) is 7.00. The fourth-order valence-electron chi connectivity index (χ4n) is 1.88. The summed E-state index contributed by atoms with van der Waals surface area (Å²) in [5.74, 6) is 1.44. The third-order valence-corrected chi connectivity index (χ3v) is 4.22. The molecule has 1 aliphatic heterocycles. The van der Waals surface area contributed by atoms with Gasteiger partial charge in [0.2, 0.25) is 0 Å². The number of halogens is 3. The number of anilines is 1. The van der Waals surface area contributed by atoms with Crippen molar-refractivity contribution in [1.29, 1.82) is 0 Å². The largest absolute Gasteiger partial charge is 0.433 e. The Labute approximate surface area is 108 Å². The molecule has 1 aromatic heterocycles. The number of nitrogens with one attached hydrogen (secondary N) is 1. The van der Waals surface area contributed by atoms with Gasteiger partial charge in [0.1, 0.15) is 11.5 Å². The van der Waals surface area contributed by atoms with E-state index in [0.29, 0.717) is 17.6 Å². The first-order chi connectivity index (χ1) is 8.55. The Kier molecular flexibility index (Phi) is 4.37. The Morgan fingerprint density at radius 3 is 2.83 bits per heavy atom. The maximum absolute atomic E-state index is 12.5. The average molecular weight is 276 g/mol. The number of hydrogen-bond acceptors (Lipinski definition) is 3. The van der Waals surface area contributed by atoms with E-state index in [1.54, 1.807) is 6.07 Å². The second-order valence-corrected chi connectivity index (χ2v) is 5.68. The molecule has 0 spiro atoms. The summed E-state index contributed by atoms with van der Waals surface area (Å²) in [7, 11) is 0. The van der Waals surface area contributed by atoms with Gasteiger partial charge >= 0.3 is 6.18 Å². The highest BCUT2D eigenvalue weighted by Crippen LogP contribution is 2.29. The molecule has 2 heterocycles. The van der Waals surface area contributed by atoms with Crippen molar-refractivity contribution in [2.75, 3.05) is 17.6 Å². The summed E-state index contributed by atoms with van der Waals surface area (Å²) in [4.78, 5) is 3.58. The molecule has 1 aromatic rings. The van der Waals surface area contributed by atoms with Crippen molar-refractivity contribution in [3.05, 3.63) is 23.9 Å². The zero-order valence-corrected chi connectivity index (χ0v) is 10.7.